The smallest absolute Gasteiger partial charge is 0.748 e. The minimum Gasteiger partial charge on any atom is -0.748 e. The molecule has 4 nitrogen and oxygen atoms in total. The van der Waals surface area contributed by atoms with Crippen LogP contribution >= 0.6 is 0 Å². The molecule has 0 aromatic rings. The third kappa shape index (κ3) is 14.5. The first-order chi connectivity index (χ1) is 9.91. The molecule has 0 saturated heterocycles. The molecule has 0 aliphatic rings. The van der Waals surface area contributed by atoms with Crippen molar-refractivity contribution in [1.82, 2.24) is 0 Å². The summed E-state index contributed by atoms with van der Waals surface area (Å²) in [6.07, 6.45) is 10.4. The molecule has 0 bridgehead atoms. The maximum absolute atomic E-state index is 11.1. The molecule has 0 aliphatic heterocycles. The van der Waals surface area contributed by atoms with Crippen LogP contribution in [0, 0.1) is 0 Å². The van der Waals surface area contributed by atoms with Crippen molar-refractivity contribution in [3.05, 3.63) is 0 Å². The van der Waals surface area contributed by atoms with Crippen molar-refractivity contribution in [1.29, 1.82) is 0 Å². The van der Waals surface area contributed by atoms with Gasteiger partial charge in [0, 0.05) is 5.25 Å². The van der Waals surface area contributed by atoms with Gasteiger partial charge in [-0.15, -0.1) is 0 Å². The van der Waals surface area contributed by atoms with Gasteiger partial charge in [0.1, 0.15) is 0 Å². The van der Waals surface area contributed by atoms with Gasteiger partial charge in [-0.05, 0) is 32.1 Å². The van der Waals surface area contributed by atoms with Crippen molar-refractivity contribution in [3.63, 3.8) is 0 Å². The summed E-state index contributed by atoms with van der Waals surface area (Å²) in [5.74, 6) is 0. The second kappa shape index (κ2) is 15.4. The molecule has 2 unspecified atom stereocenters. The molecule has 0 aromatic carbocycles. The van der Waals surface area contributed by atoms with Crippen molar-refractivity contribution in [2.75, 3.05) is 0 Å². The van der Waals surface area contributed by atoms with Gasteiger partial charge in [0.15, 0.2) is 0 Å². The number of hydrogen-bond acceptors (Lipinski definition) is 4. The third-order valence-electron chi connectivity index (χ3n) is 3.97. The van der Waals surface area contributed by atoms with Gasteiger partial charge in [0.05, 0.1) is 16.2 Å². The standard InChI is InChI=1S/C16H34O4S.Na/c1-3-5-6-7-8-9-12-15(17)13-10-14-16(11-4-2)21(18,19)20;/h15-17H,3-14H2,1-2H3,(H,18,19,20);/q;+1/p-1. The van der Waals surface area contributed by atoms with E-state index in [0.29, 0.717) is 32.1 Å². The Morgan fingerprint density at radius 3 is 1.91 bits per heavy atom. The van der Waals surface area contributed by atoms with Gasteiger partial charge in [-0.1, -0.05) is 58.8 Å². The molecule has 6 heteroatoms. The average molecular weight is 344 g/mol. The summed E-state index contributed by atoms with van der Waals surface area (Å²) in [4.78, 5) is 0. The summed E-state index contributed by atoms with van der Waals surface area (Å²) in [6, 6.07) is 0. The summed E-state index contributed by atoms with van der Waals surface area (Å²) < 4.78 is 33.2. The van der Waals surface area contributed by atoms with E-state index in [-0.39, 0.29) is 35.7 Å². The first kappa shape index (κ1) is 25.1. The van der Waals surface area contributed by atoms with Gasteiger partial charge in [-0.3, -0.25) is 0 Å². The molecular weight excluding hydrogens is 311 g/mol. The van der Waals surface area contributed by atoms with E-state index in [4.69, 9.17) is 0 Å². The number of hydrogen-bond donors (Lipinski definition) is 1. The summed E-state index contributed by atoms with van der Waals surface area (Å²) >= 11 is 0. The van der Waals surface area contributed by atoms with Crippen molar-refractivity contribution >= 4 is 10.1 Å². The zero-order chi connectivity index (χ0) is 16.1. The van der Waals surface area contributed by atoms with Crippen LogP contribution < -0.4 is 29.6 Å². The van der Waals surface area contributed by atoms with E-state index < -0.39 is 15.4 Å². The third-order valence-corrected chi connectivity index (χ3v) is 5.26. The molecule has 22 heavy (non-hydrogen) atoms. The Labute approximate surface area is 159 Å². The molecule has 0 aromatic heterocycles. The van der Waals surface area contributed by atoms with Crippen molar-refractivity contribution in [3.8, 4) is 0 Å². The Kier molecular flexibility index (Phi) is 17.6. The summed E-state index contributed by atoms with van der Waals surface area (Å²) in [5, 5.41) is 9.10. The maximum atomic E-state index is 11.1. The van der Waals surface area contributed by atoms with E-state index >= 15 is 0 Å². The molecule has 2 atom stereocenters. The molecular formula is C16H33NaO4S. The Hall–Kier alpha value is 0.870. The minimum absolute atomic E-state index is 0. The van der Waals surface area contributed by atoms with Crippen LogP contribution in [0.1, 0.15) is 90.9 Å². The van der Waals surface area contributed by atoms with E-state index in [0.717, 1.165) is 19.3 Å². The number of unbranched alkanes of at least 4 members (excludes halogenated alkanes) is 5. The van der Waals surface area contributed by atoms with Crippen LogP contribution in [0.4, 0.5) is 0 Å². The van der Waals surface area contributed by atoms with E-state index in [9.17, 15) is 18.1 Å². The number of aliphatic hydroxyl groups excluding tert-OH is 1. The molecule has 0 radical (unpaired) electrons. The Balaban J connectivity index is 0. The van der Waals surface area contributed by atoms with E-state index in [1.165, 1.54) is 25.7 Å². The molecule has 0 saturated carbocycles. The molecule has 0 heterocycles. The zero-order valence-electron chi connectivity index (χ0n) is 14.7. The summed E-state index contributed by atoms with van der Waals surface area (Å²) in [5.41, 5.74) is 0. The van der Waals surface area contributed by atoms with E-state index in [1.807, 2.05) is 6.92 Å². The molecule has 0 spiro atoms. The molecule has 1 N–H and O–H groups in total. The fraction of sp³-hybridized carbons (Fsp3) is 1.00. The molecule has 0 amide bonds. The minimum atomic E-state index is -4.19. The molecule has 128 valence electrons. The van der Waals surface area contributed by atoms with E-state index in [1.54, 1.807) is 0 Å². The topological polar surface area (TPSA) is 77.4 Å². The fourth-order valence-corrected chi connectivity index (χ4v) is 3.62. The van der Waals surface area contributed by atoms with Gasteiger partial charge in [0.2, 0.25) is 0 Å². The van der Waals surface area contributed by atoms with Crippen LogP contribution in [0.25, 0.3) is 0 Å². The van der Waals surface area contributed by atoms with Crippen LogP contribution in [0.5, 0.6) is 0 Å². The second-order valence-electron chi connectivity index (χ2n) is 6.04. The maximum Gasteiger partial charge on any atom is 1.00 e. The van der Waals surface area contributed by atoms with Gasteiger partial charge in [0.25, 0.3) is 0 Å². The predicted octanol–water partition coefficient (Wildman–Crippen LogP) is 0.986. The quantitative estimate of drug-likeness (QED) is 0.290. The van der Waals surface area contributed by atoms with Crippen LogP contribution in [0.2, 0.25) is 0 Å². The zero-order valence-corrected chi connectivity index (χ0v) is 17.5. The molecule has 0 rings (SSSR count). The monoisotopic (exact) mass is 344 g/mol. The summed E-state index contributed by atoms with van der Waals surface area (Å²) in [7, 11) is -4.19. The van der Waals surface area contributed by atoms with Crippen LogP contribution in [0.3, 0.4) is 0 Å². The van der Waals surface area contributed by atoms with Crippen molar-refractivity contribution in [2.45, 2.75) is 102 Å². The van der Waals surface area contributed by atoms with E-state index in [2.05, 4.69) is 6.92 Å². The summed E-state index contributed by atoms with van der Waals surface area (Å²) in [6.45, 7) is 4.07. The Morgan fingerprint density at radius 1 is 0.818 bits per heavy atom. The van der Waals surface area contributed by atoms with Gasteiger partial charge < -0.3 is 9.66 Å². The van der Waals surface area contributed by atoms with Crippen LogP contribution in [0.15, 0.2) is 0 Å². The largest absolute Gasteiger partial charge is 1.00 e. The number of aliphatic hydroxyl groups is 1. The first-order valence-electron chi connectivity index (χ1n) is 8.54. The van der Waals surface area contributed by atoms with Crippen molar-refractivity contribution < 1.29 is 47.6 Å². The fourth-order valence-electron chi connectivity index (χ4n) is 2.64. The van der Waals surface area contributed by atoms with Crippen LogP contribution in [-0.2, 0) is 10.1 Å². The number of rotatable bonds is 14. The van der Waals surface area contributed by atoms with Gasteiger partial charge in [-0.2, -0.15) is 0 Å². The van der Waals surface area contributed by atoms with Gasteiger partial charge >= 0.3 is 29.6 Å². The first-order valence-corrected chi connectivity index (χ1v) is 10.0. The second-order valence-corrected chi connectivity index (χ2v) is 7.70. The Morgan fingerprint density at radius 2 is 1.36 bits per heavy atom. The normalized spacial score (nSPS) is 14.4. The van der Waals surface area contributed by atoms with Crippen molar-refractivity contribution in [2.24, 2.45) is 0 Å². The van der Waals surface area contributed by atoms with Crippen LogP contribution in [-0.4, -0.2) is 29.4 Å². The predicted molar refractivity (Wildman–Crippen MR) is 86.2 cm³/mol. The average Bonchev–Trinajstić information content (AvgIpc) is 2.40. The van der Waals surface area contributed by atoms with Gasteiger partial charge in [-0.25, -0.2) is 8.42 Å². The Bertz CT molecular complexity index is 333. The molecule has 0 aliphatic carbocycles. The molecule has 0 fully saturated rings. The SMILES string of the molecule is CCCCCCCCC(O)CCCC(CCC)S(=O)(=O)[O-].[Na+].